The van der Waals surface area contributed by atoms with Gasteiger partial charge < -0.3 is 4.42 Å². The monoisotopic (exact) mass is 304 g/mol. The molecule has 0 aliphatic heterocycles. The Kier molecular flexibility index (Phi) is 3.72. The predicted octanol–water partition coefficient (Wildman–Crippen LogP) is 5.01. The Balaban J connectivity index is 2.31. The van der Waals surface area contributed by atoms with E-state index in [1.807, 2.05) is 37.3 Å². The second-order valence-electron chi connectivity index (χ2n) is 4.50. The van der Waals surface area contributed by atoms with Crippen molar-refractivity contribution >= 4 is 45.3 Å². The van der Waals surface area contributed by atoms with Gasteiger partial charge in [0.05, 0.1) is 20.4 Å². The van der Waals surface area contributed by atoms with Gasteiger partial charge in [-0.05, 0) is 30.7 Å². The molecule has 1 atom stereocenters. The van der Waals surface area contributed by atoms with E-state index in [1.165, 1.54) is 11.8 Å². The van der Waals surface area contributed by atoms with Gasteiger partial charge in [-0.1, -0.05) is 25.1 Å². The molecule has 0 spiro atoms. The first-order chi connectivity index (χ1) is 9.70. The average Bonchev–Trinajstić information content (AvgIpc) is 2.48. The molecule has 0 bridgehead atoms. The van der Waals surface area contributed by atoms with Crippen LogP contribution in [-0.4, -0.2) is 4.71 Å². The van der Waals surface area contributed by atoms with Crippen molar-refractivity contribution in [2.45, 2.75) is 22.9 Å². The fraction of sp³-hybridized carbons (Fsp3) is 0.188. The Morgan fingerprint density at radius 2 is 1.90 bits per heavy atom. The van der Waals surface area contributed by atoms with Gasteiger partial charge in [0.2, 0.25) is 5.43 Å². The normalized spacial score (nSPS) is 12.9. The van der Waals surface area contributed by atoms with Crippen molar-refractivity contribution in [1.29, 1.82) is 0 Å². The Morgan fingerprint density at radius 3 is 2.70 bits per heavy atom. The summed E-state index contributed by atoms with van der Waals surface area (Å²) in [7, 11) is 0. The van der Waals surface area contributed by atoms with Crippen LogP contribution in [0, 0.1) is 0 Å². The first-order valence-electron chi connectivity index (χ1n) is 6.46. The van der Waals surface area contributed by atoms with Gasteiger partial charge in [0.15, 0.2) is 5.58 Å². The SMILES string of the molecule is CCC(Cl)Sc1cccc2c(=O)c3ccccc3oc12. The highest BCUT2D eigenvalue weighted by Gasteiger charge is 2.13. The zero-order valence-electron chi connectivity index (χ0n) is 10.9. The zero-order valence-corrected chi connectivity index (χ0v) is 12.5. The number of alkyl halides is 1. The molecule has 0 N–H and O–H groups in total. The van der Waals surface area contributed by atoms with Gasteiger partial charge in [-0.25, -0.2) is 0 Å². The number of thioether (sulfide) groups is 1. The van der Waals surface area contributed by atoms with Crippen LogP contribution in [0.4, 0.5) is 0 Å². The smallest absolute Gasteiger partial charge is 0.200 e. The number of benzene rings is 2. The van der Waals surface area contributed by atoms with Crippen LogP contribution in [-0.2, 0) is 0 Å². The van der Waals surface area contributed by atoms with E-state index >= 15 is 0 Å². The lowest BCUT2D eigenvalue weighted by Gasteiger charge is -2.09. The molecule has 20 heavy (non-hydrogen) atoms. The Morgan fingerprint density at radius 1 is 1.15 bits per heavy atom. The number of halogens is 1. The molecule has 1 aromatic heterocycles. The minimum absolute atomic E-state index is 0.00641. The fourth-order valence-corrected chi connectivity index (χ4v) is 3.26. The van der Waals surface area contributed by atoms with Crippen molar-refractivity contribution < 1.29 is 4.42 Å². The molecule has 0 saturated carbocycles. The van der Waals surface area contributed by atoms with E-state index in [4.69, 9.17) is 16.0 Å². The van der Waals surface area contributed by atoms with Crippen molar-refractivity contribution in [3.63, 3.8) is 0 Å². The van der Waals surface area contributed by atoms with Gasteiger partial charge in [-0.2, -0.15) is 0 Å². The third kappa shape index (κ3) is 2.32. The minimum Gasteiger partial charge on any atom is -0.455 e. The van der Waals surface area contributed by atoms with Crippen molar-refractivity contribution in [3.05, 3.63) is 52.7 Å². The van der Waals surface area contributed by atoms with Crippen LogP contribution in [0.3, 0.4) is 0 Å². The average molecular weight is 305 g/mol. The van der Waals surface area contributed by atoms with E-state index in [9.17, 15) is 4.79 Å². The van der Waals surface area contributed by atoms with Gasteiger partial charge in [0.1, 0.15) is 5.58 Å². The second kappa shape index (κ2) is 5.51. The van der Waals surface area contributed by atoms with E-state index in [1.54, 1.807) is 12.1 Å². The molecule has 2 nitrogen and oxygen atoms in total. The van der Waals surface area contributed by atoms with Crippen LogP contribution in [0.25, 0.3) is 21.9 Å². The van der Waals surface area contributed by atoms with Crippen LogP contribution in [0.5, 0.6) is 0 Å². The molecular weight excluding hydrogens is 292 g/mol. The predicted molar refractivity (Wildman–Crippen MR) is 85.8 cm³/mol. The number of rotatable bonds is 3. The highest BCUT2D eigenvalue weighted by atomic mass is 35.5. The van der Waals surface area contributed by atoms with Crippen molar-refractivity contribution in [3.8, 4) is 0 Å². The maximum absolute atomic E-state index is 12.5. The topological polar surface area (TPSA) is 30.2 Å². The van der Waals surface area contributed by atoms with E-state index in [0.717, 1.165) is 11.3 Å². The van der Waals surface area contributed by atoms with Gasteiger partial charge >= 0.3 is 0 Å². The van der Waals surface area contributed by atoms with Crippen LogP contribution >= 0.6 is 23.4 Å². The summed E-state index contributed by atoms with van der Waals surface area (Å²) in [6.45, 7) is 2.03. The van der Waals surface area contributed by atoms with Crippen LogP contribution in [0.1, 0.15) is 13.3 Å². The molecule has 1 unspecified atom stereocenters. The second-order valence-corrected chi connectivity index (χ2v) is 6.53. The summed E-state index contributed by atoms with van der Waals surface area (Å²) >= 11 is 7.72. The Labute approximate surface area is 125 Å². The first-order valence-corrected chi connectivity index (χ1v) is 7.77. The summed E-state index contributed by atoms with van der Waals surface area (Å²) in [6.07, 6.45) is 0.848. The lowest BCUT2D eigenvalue weighted by Crippen LogP contribution is -2.02. The quantitative estimate of drug-likeness (QED) is 0.387. The summed E-state index contributed by atoms with van der Waals surface area (Å²) in [5.74, 6) is 0. The number of hydrogen-bond acceptors (Lipinski definition) is 3. The standard InChI is InChI=1S/C16H13ClO2S/c1-2-14(17)20-13-9-5-7-11-15(18)10-6-3-4-8-12(10)19-16(11)13/h3-9,14H,2H2,1H3. The molecule has 3 aromatic rings. The largest absolute Gasteiger partial charge is 0.455 e. The van der Waals surface area contributed by atoms with E-state index in [2.05, 4.69) is 0 Å². The molecule has 0 amide bonds. The molecule has 0 radical (unpaired) electrons. The van der Waals surface area contributed by atoms with Crippen molar-refractivity contribution in [2.24, 2.45) is 0 Å². The summed E-state index contributed by atoms with van der Waals surface area (Å²) in [5, 5.41) is 1.22. The van der Waals surface area contributed by atoms with Crippen molar-refractivity contribution in [1.82, 2.24) is 0 Å². The molecular formula is C16H13ClO2S. The van der Waals surface area contributed by atoms with Gasteiger partial charge in [-0.15, -0.1) is 23.4 Å². The Bertz CT molecular complexity index is 825. The number of fused-ring (bicyclic) bond motifs is 2. The van der Waals surface area contributed by atoms with Gasteiger partial charge in [0.25, 0.3) is 0 Å². The summed E-state index contributed by atoms with van der Waals surface area (Å²) in [5.41, 5.74) is 1.24. The highest BCUT2D eigenvalue weighted by molar-refractivity contribution is 8.01. The van der Waals surface area contributed by atoms with E-state index in [-0.39, 0.29) is 10.1 Å². The van der Waals surface area contributed by atoms with Gasteiger partial charge in [0, 0.05) is 0 Å². The van der Waals surface area contributed by atoms with Crippen LogP contribution in [0.2, 0.25) is 0 Å². The lowest BCUT2D eigenvalue weighted by atomic mass is 10.1. The fourth-order valence-electron chi connectivity index (χ4n) is 2.11. The molecule has 0 saturated heterocycles. The molecule has 102 valence electrons. The number of hydrogen-bond donors (Lipinski definition) is 0. The summed E-state index contributed by atoms with van der Waals surface area (Å²) < 4.78 is 5.89. The van der Waals surface area contributed by atoms with Gasteiger partial charge in [-0.3, -0.25) is 4.79 Å². The maximum Gasteiger partial charge on any atom is 0.200 e. The Hall–Kier alpha value is -1.45. The molecule has 4 heteroatoms. The molecule has 0 aliphatic rings. The highest BCUT2D eigenvalue weighted by Crippen LogP contribution is 2.34. The first kappa shape index (κ1) is 13.5. The molecule has 1 heterocycles. The van der Waals surface area contributed by atoms with Crippen molar-refractivity contribution in [2.75, 3.05) is 0 Å². The summed E-state index contributed by atoms with van der Waals surface area (Å²) in [4.78, 5) is 13.4. The molecule has 0 aliphatic carbocycles. The van der Waals surface area contributed by atoms with E-state index < -0.39 is 0 Å². The third-order valence-corrected chi connectivity index (χ3v) is 4.88. The molecule has 3 rings (SSSR count). The zero-order chi connectivity index (χ0) is 14.1. The molecule has 0 fully saturated rings. The third-order valence-electron chi connectivity index (χ3n) is 3.14. The lowest BCUT2D eigenvalue weighted by molar-refractivity contribution is 0.651. The van der Waals surface area contributed by atoms with Crippen LogP contribution < -0.4 is 5.43 Å². The minimum atomic E-state index is -0.0302. The summed E-state index contributed by atoms with van der Waals surface area (Å²) in [6, 6.07) is 12.9. The van der Waals surface area contributed by atoms with E-state index in [0.29, 0.717) is 21.9 Å². The van der Waals surface area contributed by atoms with Crippen LogP contribution in [0.15, 0.2) is 56.6 Å². The number of para-hydroxylation sites is 2. The maximum atomic E-state index is 12.5. The molecule has 2 aromatic carbocycles.